The molecule has 0 saturated heterocycles. The van der Waals surface area contributed by atoms with Gasteiger partial charge < -0.3 is 15.8 Å². The molecule has 106 valence electrons. The molecule has 7 heteroatoms. The van der Waals surface area contributed by atoms with E-state index in [0.29, 0.717) is 17.1 Å². The molecule has 0 spiro atoms. The zero-order valence-electron chi connectivity index (χ0n) is 11.1. The molecule has 0 atom stereocenters. The van der Waals surface area contributed by atoms with E-state index in [2.05, 4.69) is 10.1 Å². The Balaban J connectivity index is 2.53. The van der Waals surface area contributed by atoms with E-state index in [4.69, 9.17) is 5.73 Å². The van der Waals surface area contributed by atoms with Crippen LogP contribution in [0, 0.1) is 0 Å². The molecule has 0 fully saturated rings. The molecular weight excluding hydrogens is 266 g/mol. The molecule has 0 aliphatic rings. The number of hydrogen-bond donors (Lipinski definition) is 2. The Hall–Kier alpha value is -1.44. The Labute approximate surface area is 116 Å². The zero-order chi connectivity index (χ0) is 14.3. The number of thiophene rings is 1. The molecule has 1 rings (SSSR count). The van der Waals surface area contributed by atoms with Crippen LogP contribution in [-0.2, 0) is 9.53 Å². The van der Waals surface area contributed by atoms with Crippen molar-refractivity contribution in [2.75, 3.05) is 39.1 Å². The Morgan fingerprint density at radius 3 is 2.89 bits per heavy atom. The SMILES string of the molecule is COC(=O)c1sccc1NC(=O)CN(C)CCCN. The predicted molar refractivity (Wildman–Crippen MR) is 75.5 cm³/mol. The molecule has 3 N–H and O–H groups in total. The largest absolute Gasteiger partial charge is 0.465 e. The summed E-state index contributed by atoms with van der Waals surface area (Å²) in [7, 11) is 3.17. The molecule has 1 amide bonds. The number of nitrogens with two attached hydrogens (primary N) is 1. The molecular formula is C12H19N3O3S. The van der Waals surface area contributed by atoms with Crippen molar-refractivity contribution < 1.29 is 14.3 Å². The Morgan fingerprint density at radius 1 is 1.53 bits per heavy atom. The van der Waals surface area contributed by atoms with Crippen molar-refractivity contribution in [2.24, 2.45) is 5.73 Å². The molecule has 0 radical (unpaired) electrons. The number of likely N-dealkylation sites (N-methyl/N-ethyl adjacent to an activating group) is 1. The van der Waals surface area contributed by atoms with Gasteiger partial charge >= 0.3 is 5.97 Å². The summed E-state index contributed by atoms with van der Waals surface area (Å²) in [5, 5.41) is 4.45. The van der Waals surface area contributed by atoms with Crippen LogP contribution in [0.5, 0.6) is 0 Å². The van der Waals surface area contributed by atoms with Gasteiger partial charge in [0.1, 0.15) is 4.88 Å². The number of ether oxygens (including phenoxy) is 1. The van der Waals surface area contributed by atoms with Crippen molar-refractivity contribution in [3.8, 4) is 0 Å². The van der Waals surface area contributed by atoms with Gasteiger partial charge in [-0.05, 0) is 38.0 Å². The van der Waals surface area contributed by atoms with Crippen LogP contribution in [0.25, 0.3) is 0 Å². The van der Waals surface area contributed by atoms with E-state index in [0.717, 1.165) is 13.0 Å². The number of methoxy groups -OCH3 is 1. The Bertz CT molecular complexity index is 434. The topological polar surface area (TPSA) is 84.7 Å². The van der Waals surface area contributed by atoms with E-state index in [-0.39, 0.29) is 12.5 Å². The first-order valence-corrected chi connectivity index (χ1v) is 6.80. The maximum absolute atomic E-state index is 11.8. The van der Waals surface area contributed by atoms with Gasteiger partial charge in [0.25, 0.3) is 0 Å². The lowest BCUT2D eigenvalue weighted by molar-refractivity contribution is -0.117. The van der Waals surface area contributed by atoms with Crippen LogP contribution in [0.2, 0.25) is 0 Å². The van der Waals surface area contributed by atoms with Gasteiger partial charge in [-0.3, -0.25) is 9.69 Å². The molecule has 0 unspecified atom stereocenters. The predicted octanol–water partition coefficient (Wildman–Crippen LogP) is 0.754. The Morgan fingerprint density at radius 2 is 2.26 bits per heavy atom. The number of amides is 1. The highest BCUT2D eigenvalue weighted by Gasteiger charge is 2.16. The minimum Gasteiger partial charge on any atom is -0.465 e. The molecule has 19 heavy (non-hydrogen) atoms. The van der Waals surface area contributed by atoms with E-state index in [1.165, 1.54) is 18.4 Å². The molecule has 6 nitrogen and oxygen atoms in total. The fraction of sp³-hybridized carbons (Fsp3) is 0.500. The third-order valence-corrected chi connectivity index (χ3v) is 3.36. The number of nitrogens with zero attached hydrogens (tertiary/aromatic N) is 1. The van der Waals surface area contributed by atoms with Crippen molar-refractivity contribution in [3.63, 3.8) is 0 Å². The number of rotatable bonds is 7. The second-order valence-corrected chi connectivity index (χ2v) is 5.00. The minimum absolute atomic E-state index is 0.164. The lowest BCUT2D eigenvalue weighted by Crippen LogP contribution is -2.31. The van der Waals surface area contributed by atoms with Crippen LogP contribution in [0.15, 0.2) is 11.4 Å². The van der Waals surface area contributed by atoms with Crippen molar-refractivity contribution in [1.29, 1.82) is 0 Å². The third kappa shape index (κ3) is 4.98. The molecule has 0 aliphatic carbocycles. The van der Waals surface area contributed by atoms with Crippen LogP contribution < -0.4 is 11.1 Å². The summed E-state index contributed by atoms with van der Waals surface area (Å²) in [5.74, 6) is -0.607. The van der Waals surface area contributed by atoms with Crippen LogP contribution >= 0.6 is 11.3 Å². The number of nitrogens with one attached hydrogen (secondary N) is 1. The van der Waals surface area contributed by atoms with Gasteiger partial charge in [0.15, 0.2) is 0 Å². The van der Waals surface area contributed by atoms with Crippen molar-refractivity contribution in [3.05, 3.63) is 16.3 Å². The van der Waals surface area contributed by atoms with Gasteiger partial charge in [-0.15, -0.1) is 11.3 Å². The zero-order valence-corrected chi connectivity index (χ0v) is 12.0. The van der Waals surface area contributed by atoms with Crippen LogP contribution in [-0.4, -0.2) is 50.6 Å². The maximum atomic E-state index is 11.8. The van der Waals surface area contributed by atoms with E-state index in [1.54, 1.807) is 11.4 Å². The van der Waals surface area contributed by atoms with Crippen LogP contribution in [0.1, 0.15) is 16.1 Å². The summed E-state index contributed by atoms with van der Waals surface area (Å²) in [6, 6.07) is 1.69. The molecule has 0 aliphatic heterocycles. The standard InChI is InChI=1S/C12H19N3O3S/c1-15(6-3-5-13)8-10(16)14-9-4-7-19-11(9)12(17)18-2/h4,7H,3,5-6,8,13H2,1-2H3,(H,14,16). The first kappa shape index (κ1) is 15.6. The van der Waals surface area contributed by atoms with Crippen LogP contribution in [0.3, 0.4) is 0 Å². The van der Waals surface area contributed by atoms with Gasteiger partial charge in [-0.2, -0.15) is 0 Å². The summed E-state index contributed by atoms with van der Waals surface area (Å²) in [6.07, 6.45) is 0.843. The summed E-state index contributed by atoms with van der Waals surface area (Å²) in [5.41, 5.74) is 5.90. The van der Waals surface area contributed by atoms with Gasteiger partial charge in [-0.1, -0.05) is 0 Å². The number of anilines is 1. The second kappa shape index (κ2) is 7.88. The normalized spacial score (nSPS) is 10.5. The van der Waals surface area contributed by atoms with E-state index < -0.39 is 5.97 Å². The van der Waals surface area contributed by atoms with Crippen LogP contribution in [0.4, 0.5) is 5.69 Å². The molecule has 1 heterocycles. The summed E-state index contributed by atoms with van der Waals surface area (Å²) in [6.45, 7) is 1.62. The summed E-state index contributed by atoms with van der Waals surface area (Å²) >= 11 is 1.24. The number of carbonyl (C=O) groups excluding carboxylic acids is 2. The first-order valence-electron chi connectivity index (χ1n) is 5.92. The van der Waals surface area contributed by atoms with Crippen molar-refractivity contribution in [1.82, 2.24) is 4.90 Å². The van der Waals surface area contributed by atoms with Gasteiger partial charge in [0, 0.05) is 0 Å². The van der Waals surface area contributed by atoms with E-state index in [9.17, 15) is 9.59 Å². The highest BCUT2D eigenvalue weighted by molar-refractivity contribution is 7.12. The fourth-order valence-corrected chi connectivity index (χ4v) is 2.30. The number of carbonyl (C=O) groups is 2. The van der Waals surface area contributed by atoms with E-state index >= 15 is 0 Å². The van der Waals surface area contributed by atoms with Crippen molar-refractivity contribution in [2.45, 2.75) is 6.42 Å². The van der Waals surface area contributed by atoms with E-state index in [1.807, 2.05) is 11.9 Å². The number of hydrogen-bond acceptors (Lipinski definition) is 6. The lowest BCUT2D eigenvalue weighted by atomic mass is 10.3. The third-order valence-electron chi connectivity index (χ3n) is 2.47. The van der Waals surface area contributed by atoms with Gasteiger partial charge in [-0.25, -0.2) is 4.79 Å². The maximum Gasteiger partial charge on any atom is 0.350 e. The second-order valence-electron chi connectivity index (χ2n) is 4.08. The molecule has 1 aromatic heterocycles. The molecule has 0 saturated carbocycles. The quantitative estimate of drug-likeness (QED) is 0.722. The van der Waals surface area contributed by atoms with Gasteiger partial charge in [0.05, 0.1) is 19.3 Å². The fourth-order valence-electron chi connectivity index (χ4n) is 1.53. The smallest absolute Gasteiger partial charge is 0.350 e. The Kier molecular flexibility index (Phi) is 6.48. The minimum atomic E-state index is -0.443. The average Bonchev–Trinajstić information content (AvgIpc) is 2.83. The summed E-state index contributed by atoms with van der Waals surface area (Å²) < 4.78 is 4.65. The van der Waals surface area contributed by atoms with Gasteiger partial charge in [0.2, 0.25) is 5.91 Å². The highest BCUT2D eigenvalue weighted by atomic mass is 32.1. The molecule has 0 aromatic carbocycles. The van der Waals surface area contributed by atoms with Crippen molar-refractivity contribution >= 4 is 28.9 Å². The first-order chi connectivity index (χ1) is 9.08. The lowest BCUT2D eigenvalue weighted by Gasteiger charge is -2.15. The monoisotopic (exact) mass is 285 g/mol. The molecule has 1 aromatic rings. The summed E-state index contributed by atoms with van der Waals surface area (Å²) in [4.78, 5) is 25.6. The highest BCUT2D eigenvalue weighted by Crippen LogP contribution is 2.22. The molecule has 0 bridgehead atoms. The number of esters is 1. The average molecular weight is 285 g/mol.